The minimum atomic E-state index is -0.954. The molecule has 0 amide bonds. The molecule has 0 aliphatic rings. The molecule has 0 bridgehead atoms. The molecule has 196 valence electrons. The molecular formula is C27H36B2N2O6. The molecule has 0 saturated carbocycles. The molecule has 0 saturated heterocycles. The van der Waals surface area contributed by atoms with E-state index in [0.29, 0.717) is 12.4 Å². The summed E-state index contributed by atoms with van der Waals surface area (Å²) in [5.41, 5.74) is 0.837. The smallest absolute Gasteiger partial charge is 0.322 e. The van der Waals surface area contributed by atoms with Gasteiger partial charge in [-0.25, -0.2) is 0 Å². The fourth-order valence-electron chi connectivity index (χ4n) is 4.49. The van der Waals surface area contributed by atoms with Crippen LogP contribution in [0.1, 0.15) is 38.8 Å². The average Bonchev–Trinajstić information content (AvgIpc) is 2.85. The zero-order valence-corrected chi connectivity index (χ0v) is 22.6. The van der Waals surface area contributed by atoms with Gasteiger partial charge in [0, 0.05) is 10.8 Å². The van der Waals surface area contributed by atoms with E-state index in [1.807, 2.05) is 88.4 Å². The Kier molecular flexibility index (Phi) is 12.5. The Morgan fingerprint density at radius 1 is 0.784 bits per heavy atom. The van der Waals surface area contributed by atoms with Crippen LogP contribution < -0.4 is 0 Å². The fraction of sp³-hybridized carbons (Fsp3) is 0.407. The lowest BCUT2D eigenvalue weighted by atomic mass is 9.74. The number of carboxylic acid groups (broad SMARTS) is 1. The minimum Gasteiger partial charge on any atom is -0.480 e. The molecule has 2 aromatic rings. The fourth-order valence-corrected chi connectivity index (χ4v) is 4.49. The Labute approximate surface area is 221 Å². The molecule has 2 aromatic carbocycles. The third kappa shape index (κ3) is 8.40. The quantitative estimate of drug-likeness (QED) is 0.266. The van der Waals surface area contributed by atoms with Gasteiger partial charge in [-0.15, -0.1) is 0 Å². The third-order valence-corrected chi connectivity index (χ3v) is 6.47. The molecule has 37 heavy (non-hydrogen) atoms. The number of nitrogens with zero attached hydrogens (tertiary/aromatic N) is 2. The Hall–Kier alpha value is -3.23. The molecule has 0 aliphatic carbocycles. The molecule has 10 heteroatoms. The van der Waals surface area contributed by atoms with Gasteiger partial charge in [-0.2, -0.15) is 0 Å². The van der Waals surface area contributed by atoms with E-state index in [1.165, 1.54) is 26.7 Å². The van der Waals surface area contributed by atoms with Gasteiger partial charge in [0.1, 0.15) is 12.1 Å². The zero-order valence-electron chi connectivity index (χ0n) is 22.6. The number of likely N-dealkylation sites (N-methyl/N-ethyl adjacent to an activating group) is 2. The van der Waals surface area contributed by atoms with Gasteiger partial charge >= 0.3 is 11.9 Å². The van der Waals surface area contributed by atoms with Crippen molar-refractivity contribution in [2.24, 2.45) is 0 Å². The highest BCUT2D eigenvalue weighted by atomic mass is 16.5. The first-order valence-corrected chi connectivity index (χ1v) is 11.8. The summed E-state index contributed by atoms with van der Waals surface area (Å²) in [6.45, 7) is 7.63. The van der Waals surface area contributed by atoms with Crippen LogP contribution in [0.5, 0.6) is 0 Å². The standard InChI is InChI=1S/C14H19BNO3.C13H17BNO3/c1-14(2,11-8-6-5-7-9-11)12(13(18)19-4)16(3)15-10-17;1-13(2,10-7-5-4-6-8-10)11(12(17)18)15(3)14-9-16/h5-10,12H,1-4H3;4-9,11H,1-3H3,(H,17,18)/t12-;11-/m11/s1. The molecule has 0 unspecified atom stereocenters. The molecule has 1 N–H and O–H groups in total. The normalized spacial score (nSPS) is 13.0. The molecule has 0 heterocycles. The molecule has 0 fully saturated rings. The van der Waals surface area contributed by atoms with Gasteiger partial charge < -0.3 is 29.1 Å². The SMILES string of the molecule is CN([B]C=O)[C@H](C(=O)O)C(C)(C)c1ccccc1.COC(=O)[C@@H](N(C)[B]C=O)C(C)(C)c1ccccc1. The van der Waals surface area contributed by atoms with Gasteiger partial charge in [0.25, 0.3) is 14.8 Å². The van der Waals surface area contributed by atoms with Gasteiger partial charge in [-0.1, -0.05) is 88.4 Å². The second kappa shape index (κ2) is 14.5. The number of rotatable bonds is 12. The predicted molar refractivity (Wildman–Crippen MR) is 147 cm³/mol. The molecule has 2 radical (unpaired) electrons. The second-order valence-corrected chi connectivity index (χ2v) is 9.74. The second-order valence-electron chi connectivity index (χ2n) is 9.74. The van der Waals surface area contributed by atoms with E-state index in [0.717, 1.165) is 11.1 Å². The lowest BCUT2D eigenvalue weighted by Crippen LogP contribution is -2.53. The Morgan fingerprint density at radius 2 is 1.14 bits per heavy atom. The Bertz CT molecular complexity index is 1020. The number of benzene rings is 2. The van der Waals surface area contributed by atoms with Crippen LogP contribution >= 0.6 is 0 Å². The topological polar surface area (TPSA) is 104 Å². The number of carboxylic acids is 1. The van der Waals surface area contributed by atoms with E-state index in [1.54, 1.807) is 18.9 Å². The van der Waals surface area contributed by atoms with Gasteiger partial charge in [0.2, 0.25) is 0 Å². The molecular weight excluding hydrogens is 470 g/mol. The Balaban J connectivity index is 0.000000371. The van der Waals surface area contributed by atoms with E-state index in [2.05, 4.69) is 0 Å². The number of hydrogen-bond acceptors (Lipinski definition) is 7. The number of carbonyl (C=O) groups is 4. The number of hydrogen-bond donors (Lipinski definition) is 1. The summed E-state index contributed by atoms with van der Waals surface area (Å²) < 4.78 is 4.87. The van der Waals surface area contributed by atoms with Crippen LogP contribution in [0.3, 0.4) is 0 Å². The van der Waals surface area contributed by atoms with Crippen molar-refractivity contribution in [3.8, 4) is 0 Å². The first-order valence-electron chi connectivity index (χ1n) is 11.8. The van der Waals surface area contributed by atoms with Crippen LogP contribution in [0.4, 0.5) is 0 Å². The van der Waals surface area contributed by atoms with E-state index in [4.69, 9.17) is 4.74 Å². The van der Waals surface area contributed by atoms with Crippen LogP contribution in [-0.4, -0.2) is 87.2 Å². The first-order chi connectivity index (χ1) is 17.4. The van der Waals surface area contributed by atoms with Crippen LogP contribution in [-0.2, 0) is 34.7 Å². The van der Waals surface area contributed by atoms with Gasteiger partial charge in [-0.05, 0) is 25.2 Å². The maximum atomic E-state index is 12.0. The maximum absolute atomic E-state index is 12.0. The molecule has 0 spiro atoms. The Morgan fingerprint density at radius 3 is 1.46 bits per heavy atom. The summed E-state index contributed by atoms with van der Waals surface area (Å²) in [4.78, 5) is 47.7. The monoisotopic (exact) mass is 506 g/mol. The summed E-state index contributed by atoms with van der Waals surface area (Å²) in [7, 11) is 7.22. The van der Waals surface area contributed by atoms with E-state index >= 15 is 0 Å². The van der Waals surface area contributed by atoms with Crippen molar-refractivity contribution in [1.29, 1.82) is 0 Å². The maximum Gasteiger partial charge on any atom is 0.322 e. The van der Waals surface area contributed by atoms with Crippen molar-refractivity contribution in [3.63, 3.8) is 0 Å². The van der Waals surface area contributed by atoms with E-state index in [9.17, 15) is 24.3 Å². The highest BCUT2D eigenvalue weighted by molar-refractivity contribution is 6.64. The first kappa shape index (κ1) is 31.8. The number of ether oxygens (including phenoxy) is 1. The van der Waals surface area contributed by atoms with Crippen molar-refractivity contribution < 1.29 is 29.0 Å². The largest absolute Gasteiger partial charge is 0.480 e. The molecule has 0 aliphatic heterocycles. The van der Waals surface area contributed by atoms with Crippen molar-refractivity contribution in [1.82, 2.24) is 9.62 Å². The van der Waals surface area contributed by atoms with Crippen LogP contribution in [0.2, 0.25) is 0 Å². The summed E-state index contributed by atoms with van der Waals surface area (Å²) in [6.07, 6.45) is 1.26. The molecule has 0 aromatic heterocycles. The number of aliphatic carboxylic acids is 1. The molecule has 2 rings (SSSR count). The summed E-state index contributed by atoms with van der Waals surface area (Å²) in [5, 5.41) is 9.39. The lowest BCUT2D eigenvalue weighted by Gasteiger charge is -2.38. The molecule has 2 atom stereocenters. The summed E-state index contributed by atoms with van der Waals surface area (Å²) in [6, 6.07) is 17.8. The van der Waals surface area contributed by atoms with Crippen LogP contribution in [0.15, 0.2) is 60.7 Å². The predicted octanol–water partition coefficient (Wildman–Crippen LogP) is 2.41. The molecule has 8 nitrogen and oxygen atoms in total. The van der Waals surface area contributed by atoms with E-state index < -0.39 is 28.9 Å². The summed E-state index contributed by atoms with van der Waals surface area (Å²) in [5.74, 6) is -1.32. The van der Waals surface area contributed by atoms with E-state index in [-0.39, 0.29) is 5.97 Å². The lowest BCUT2D eigenvalue weighted by molar-refractivity contribution is -0.147. The average molecular weight is 506 g/mol. The van der Waals surface area contributed by atoms with Crippen molar-refractivity contribution in [2.75, 3.05) is 21.2 Å². The van der Waals surface area contributed by atoms with Gasteiger partial charge in [0.05, 0.1) is 19.5 Å². The van der Waals surface area contributed by atoms with Crippen LogP contribution in [0, 0.1) is 0 Å². The van der Waals surface area contributed by atoms with Crippen molar-refractivity contribution >= 4 is 39.1 Å². The highest BCUT2D eigenvalue weighted by Crippen LogP contribution is 2.31. The zero-order chi connectivity index (χ0) is 28.2. The number of esters is 1. The number of methoxy groups -OCH3 is 1. The summed E-state index contributed by atoms with van der Waals surface area (Å²) >= 11 is 0. The third-order valence-electron chi connectivity index (χ3n) is 6.47. The van der Waals surface area contributed by atoms with Gasteiger partial charge in [0.15, 0.2) is 0 Å². The number of carbonyl (C=O) groups excluding carboxylic acids is 3. The van der Waals surface area contributed by atoms with Gasteiger partial charge in [-0.3, -0.25) is 9.59 Å². The van der Waals surface area contributed by atoms with Crippen molar-refractivity contribution in [3.05, 3.63) is 71.8 Å². The minimum absolute atomic E-state index is 0.366. The van der Waals surface area contributed by atoms with Crippen molar-refractivity contribution in [2.45, 2.75) is 50.6 Å². The highest BCUT2D eigenvalue weighted by Gasteiger charge is 2.40. The van der Waals surface area contributed by atoms with Crippen LogP contribution in [0.25, 0.3) is 0 Å².